The Bertz CT molecular complexity index is 371. The van der Waals surface area contributed by atoms with Crippen LogP contribution in [0.25, 0.3) is 0 Å². The number of halogens is 1. The molecule has 1 aromatic rings. The Morgan fingerprint density at radius 2 is 2.17 bits per heavy atom. The van der Waals surface area contributed by atoms with Crippen LogP contribution in [0.15, 0.2) is 18.2 Å². The predicted molar refractivity (Wildman–Crippen MR) is 72.1 cm³/mol. The van der Waals surface area contributed by atoms with Gasteiger partial charge in [0.1, 0.15) is 11.6 Å². The maximum atomic E-state index is 13.8. The molecule has 0 fully saturated rings. The first kappa shape index (κ1) is 14.9. The normalized spacial score (nSPS) is 12.8. The summed E-state index contributed by atoms with van der Waals surface area (Å²) >= 11 is 0. The molecule has 0 spiro atoms. The molecule has 4 heteroatoms. The zero-order chi connectivity index (χ0) is 13.5. The van der Waals surface area contributed by atoms with Gasteiger partial charge in [-0.3, -0.25) is 4.90 Å². The van der Waals surface area contributed by atoms with Gasteiger partial charge in [-0.05, 0) is 25.1 Å². The van der Waals surface area contributed by atoms with Crippen LogP contribution < -0.4 is 10.5 Å². The van der Waals surface area contributed by atoms with Crippen molar-refractivity contribution >= 4 is 0 Å². The molecule has 2 N–H and O–H groups in total. The monoisotopic (exact) mass is 254 g/mol. The zero-order valence-corrected chi connectivity index (χ0v) is 11.4. The van der Waals surface area contributed by atoms with E-state index in [4.69, 9.17) is 10.5 Å². The number of hydrogen-bond acceptors (Lipinski definition) is 3. The lowest BCUT2D eigenvalue weighted by Gasteiger charge is -2.24. The number of methoxy groups -OCH3 is 1. The van der Waals surface area contributed by atoms with Crippen LogP contribution in [0.3, 0.4) is 0 Å². The fourth-order valence-electron chi connectivity index (χ4n) is 1.84. The Labute approximate surface area is 109 Å². The summed E-state index contributed by atoms with van der Waals surface area (Å²) in [5.74, 6) is 0.758. The molecule has 1 atom stereocenters. The maximum Gasteiger partial charge on any atom is 0.131 e. The molecule has 0 aromatic heterocycles. The highest BCUT2D eigenvalue weighted by molar-refractivity contribution is 5.28. The van der Waals surface area contributed by atoms with Crippen molar-refractivity contribution < 1.29 is 9.13 Å². The van der Waals surface area contributed by atoms with Crippen molar-refractivity contribution in [2.24, 2.45) is 11.7 Å². The minimum atomic E-state index is -0.215. The quantitative estimate of drug-likeness (QED) is 0.811. The van der Waals surface area contributed by atoms with E-state index in [0.29, 0.717) is 30.3 Å². The van der Waals surface area contributed by atoms with Gasteiger partial charge in [0.15, 0.2) is 0 Å². The van der Waals surface area contributed by atoms with Crippen LogP contribution in [0.2, 0.25) is 0 Å². The van der Waals surface area contributed by atoms with Gasteiger partial charge in [0.05, 0.1) is 7.11 Å². The van der Waals surface area contributed by atoms with E-state index in [2.05, 4.69) is 18.7 Å². The number of rotatable bonds is 7. The first-order valence-corrected chi connectivity index (χ1v) is 6.35. The predicted octanol–water partition coefficient (Wildman–Crippen LogP) is 2.25. The molecule has 0 aliphatic heterocycles. The molecule has 0 bridgehead atoms. The minimum Gasteiger partial charge on any atom is -0.497 e. The summed E-state index contributed by atoms with van der Waals surface area (Å²) in [5, 5.41) is 0. The first-order valence-electron chi connectivity index (χ1n) is 6.35. The van der Waals surface area contributed by atoms with Crippen LogP contribution in [-0.4, -0.2) is 31.6 Å². The molecule has 3 nitrogen and oxygen atoms in total. The van der Waals surface area contributed by atoms with Crippen LogP contribution in [0.4, 0.5) is 4.39 Å². The first-order chi connectivity index (χ1) is 8.60. The summed E-state index contributed by atoms with van der Waals surface area (Å²) < 4.78 is 18.8. The molecule has 0 saturated heterocycles. The molecule has 0 saturated carbocycles. The van der Waals surface area contributed by atoms with Gasteiger partial charge in [-0.15, -0.1) is 0 Å². The maximum absolute atomic E-state index is 13.8. The van der Waals surface area contributed by atoms with E-state index in [0.717, 1.165) is 13.1 Å². The third kappa shape index (κ3) is 4.27. The molecular formula is C14H23FN2O. The van der Waals surface area contributed by atoms with Crippen LogP contribution >= 0.6 is 0 Å². The van der Waals surface area contributed by atoms with Crippen LogP contribution in [-0.2, 0) is 6.54 Å². The second kappa shape index (κ2) is 7.34. The SMILES string of the molecule is CCN(Cc1ccc(OC)cc1F)CC(C)CN. The second-order valence-electron chi connectivity index (χ2n) is 4.63. The van der Waals surface area contributed by atoms with Gasteiger partial charge in [0.25, 0.3) is 0 Å². The number of nitrogens with zero attached hydrogens (tertiary/aromatic N) is 1. The zero-order valence-electron chi connectivity index (χ0n) is 11.4. The van der Waals surface area contributed by atoms with Gasteiger partial charge in [-0.25, -0.2) is 4.39 Å². The number of nitrogens with two attached hydrogens (primary N) is 1. The van der Waals surface area contributed by atoms with Crippen molar-refractivity contribution in [3.63, 3.8) is 0 Å². The van der Waals surface area contributed by atoms with E-state index in [9.17, 15) is 4.39 Å². The van der Waals surface area contributed by atoms with Gasteiger partial charge in [-0.2, -0.15) is 0 Å². The Hall–Kier alpha value is -1.13. The topological polar surface area (TPSA) is 38.5 Å². The van der Waals surface area contributed by atoms with Gasteiger partial charge in [-0.1, -0.05) is 19.9 Å². The van der Waals surface area contributed by atoms with Crippen molar-refractivity contribution in [3.05, 3.63) is 29.6 Å². The summed E-state index contributed by atoms with van der Waals surface area (Å²) in [6.45, 7) is 7.21. The Balaban J connectivity index is 2.69. The van der Waals surface area contributed by atoms with Crippen molar-refractivity contribution in [1.82, 2.24) is 4.90 Å². The summed E-state index contributed by atoms with van der Waals surface area (Å²) in [7, 11) is 1.54. The molecule has 1 aromatic carbocycles. The molecule has 18 heavy (non-hydrogen) atoms. The van der Waals surface area contributed by atoms with E-state index in [1.807, 2.05) is 0 Å². The summed E-state index contributed by atoms with van der Waals surface area (Å²) in [5.41, 5.74) is 6.32. The number of hydrogen-bond donors (Lipinski definition) is 1. The average Bonchev–Trinajstić information content (AvgIpc) is 2.39. The van der Waals surface area contributed by atoms with E-state index < -0.39 is 0 Å². The molecule has 0 amide bonds. The van der Waals surface area contributed by atoms with Crippen molar-refractivity contribution in [2.75, 3.05) is 26.7 Å². The molecule has 1 unspecified atom stereocenters. The summed E-state index contributed by atoms with van der Waals surface area (Å²) in [6.07, 6.45) is 0. The minimum absolute atomic E-state index is 0.215. The molecule has 0 heterocycles. The molecule has 102 valence electrons. The Morgan fingerprint density at radius 1 is 1.44 bits per heavy atom. The molecule has 0 radical (unpaired) electrons. The lowest BCUT2D eigenvalue weighted by atomic mass is 10.1. The second-order valence-corrected chi connectivity index (χ2v) is 4.63. The van der Waals surface area contributed by atoms with Crippen molar-refractivity contribution in [2.45, 2.75) is 20.4 Å². The lowest BCUT2D eigenvalue weighted by Crippen LogP contribution is -2.31. The molecule has 1 rings (SSSR count). The van der Waals surface area contributed by atoms with E-state index >= 15 is 0 Å². The summed E-state index contributed by atoms with van der Waals surface area (Å²) in [4.78, 5) is 2.20. The van der Waals surface area contributed by atoms with Gasteiger partial charge < -0.3 is 10.5 Å². The Morgan fingerprint density at radius 3 is 2.67 bits per heavy atom. The third-order valence-electron chi connectivity index (χ3n) is 3.07. The number of benzene rings is 1. The molecular weight excluding hydrogens is 231 g/mol. The summed E-state index contributed by atoms with van der Waals surface area (Å²) in [6, 6.07) is 5.00. The fourth-order valence-corrected chi connectivity index (χ4v) is 1.84. The lowest BCUT2D eigenvalue weighted by molar-refractivity contribution is 0.240. The van der Waals surface area contributed by atoms with Crippen LogP contribution in [0.5, 0.6) is 5.75 Å². The highest BCUT2D eigenvalue weighted by Crippen LogP contribution is 2.18. The highest BCUT2D eigenvalue weighted by atomic mass is 19.1. The van der Waals surface area contributed by atoms with Crippen LogP contribution in [0.1, 0.15) is 19.4 Å². The standard InChI is InChI=1S/C14H23FN2O/c1-4-17(9-11(2)8-16)10-12-5-6-13(18-3)7-14(12)15/h5-7,11H,4,8-10,16H2,1-3H3. The van der Waals surface area contributed by atoms with Gasteiger partial charge in [0, 0.05) is 24.7 Å². The van der Waals surface area contributed by atoms with Crippen molar-refractivity contribution in [1.29, 1.82) is 0 Å². The average molecular weight is 254 g/mol. The van der Waals surface area contributed by atoms with Crippen molar-refractivity contribution in [3.8, 4) is 5.75 Å². The van der Waals surface area contributed by atoms with E-state index in [1.54, 1.807) is 12.1 Å². The fraction of sp³-hybridized carbons (Fsp3) is 0.571. The molecule has 0 aliphatic rings. The van der Waals surface area contributed by atoms with E-state index in [-0.39, 0.29) is 5.82 Å². The smallest absolute Gasteiger partial charge is 0.131 e. The molecule has 0 aliphatic carbocycles. The Kier molecular flexibility index (Phi) is 6.09. The van der Waals surface area contributed by atoms with Crippen LogP contribution in [0, 0.1) is 11.7 Å². The van der Waals surface area contributed by atoms with Gasteiger partial charge >= 0.3 is 0 Å². The van der Waals surface area contributed by atoms with Gasteiger partial charge in [0.2, 0.25) is 0 Å². The third-order valence-corrected chi connectivity index (χ3v) is 3.07. The van der Waals surface area contributed by atoms with E-state index in [1.165, 1.54) is 13.2 Å². The largest absolute Gasteiger partial charge is 0.497 e. The highest BCUT2D eigenvalue weighted by Gasteiger charge is 2.11. The number of ether oxygens (including phenoxy) is 1.